The molecule has 5 nitrogen and oxygen atoms in total. The number of carboxylic acids is 1. The van der Waals surface area contributed by atoms with Crippen LogP contribution in [0.1, 0.15) is 17.5 Å². The summed E-state index contributed by atoms with van der Waals surface area (Å²) in [4.78, 5) is 13.5. The van der Waals surface area contributed by atoms with Crippen LogP contribution in [0.4, 0.5) is 0 Å². The summed E-state index contributed by atoms with van der Waals surface area (Å²) in [6.07, 6.45) is 2.58. The number of fused-ring (bicyclic) bond motifs is 1. The van der Waals surface area contributed by atoms with Gasteiger partial charge < -0.3 is 14.3 Å². The van der Waals surface area contributed by atoms with E-state index >= 15 is 0 Å². The molecule has 2 heterocycles. The first-order chi connectivity index (χ1) is 12.7. The molecular weight excluding hydrogens is 330 g/mol. The monoisotopic (exact) mass is 351 g/mol. The Hall–Kier alpha value is -2.79. The average Bonchev–Trinajstić information content (AvgIpc) is 3.25. The van der Waals surface area contributed by atoms with Crippen molar-refractivity contribution in [1.29, 1.82) is 0 Å². The van der Waals surface area contributed by atoms with E-state index < -0.39 is 5.97 Å². The quantitative estimate of drug-likeness (QED) is 0.733. The molecule has 0 amide bonds. The lowest BCUT2D eigenvalue weighted by Crippen LogP contribution is -2.24. The third-order valence-electron chi connectivity index (χ3n) is 4.72. The molecule has 1 aromatic heterocycles. The minimum absolute atomic E-state index is 0.0774. The second kappa shape index (κ2) is 7.22. The normalized spacial score (nSPS) is 17.6. The first-order valence-corrected chi connectivity index (χ1v) is 8.82. The van der Waals surface area contributed by atoms with Crippen LogP contribution in [0.25, 0.3) is 11.0 Å². The maximum absolute atomic E-state index is 11.1. The number of ether oxygens (including phenoxy) is 1. The molecule has 0 saturated carbocycles. The zero-order chi connectivity index (χ0) is 17.9. The van der Waals surface area contributed by atoms with Crippen LogP contribution in [0.15, 0.2) is 59.2 Å². The van der Waals surface area contributed by atoms with E-state index in [2.05, 4.69) is 29.2 Å². The summed E-state index contributed by atoms with van der Waals surface area (Å²) in [6, 6.07) is 16.0. The van der Waals surface area contributed by atoms with Crippen LogP contribution in [-0.4, -0.2) is 35.2 Å². The van der Waals surface area contributed by atoms with E-state index in [-0.39, 0.29) is 12.5 Å². The van der Waals surface area contributed by atoms with Gasteiger partial charge >= 0.3 is 5.97 Å². The Kier molecular flexibility index (Phi) is 4.63. The highest BCUT2D eigenvalue weighted by Gasteiger charge is 2.24. The average molecular weight is 351 g/mol. The van der Waals surface area contributed by atoms with Crippen LogP contribution >= 0.6 is 0 Å². The van der Waals surface area contributed by atoms with Crippen LogP contribution in [0.3, 0.4) is 0 Å². The van der Waals surface area contributed by atoms with Gasteiger partial charge in [-0.15, -0.1) is 0 Å². The molecule has 4 rings (SSSR count). The second-order valence-electron chi connectivity index (χ2n) is 6.74. The predicted molar refractivity (Wildman–Crippen MR) is 98.3 cm³/mol. The Morgan fingerprint density at radius 1 is 1.23 bits per heavy atom. The zero-order valence-electron chi connectivity index (χ0n) is 14.4. The topological polar surface area (TPSA) is 62.9 Å². The third-order valence-corrected chi connectivity index (χ3v) is 4.72. The Bertz CT molecular complexity index is 903. The Labute approximate surface area is 151 Å². The molecule has 2 aromatic carbocycles. The van der Waals surface area contributed by atoms with Crippen LogP contribution in [0.2, 0.25) is 0 Å². The van der Waals surface area contributed by atoms with Crippen molar-refractivity contribution in [2.45, 2.75) is 25.5 Å². The Morgan fingerprint density at radius 2 is 2.08 bits per heavy atom. The number of carbonyl (C=O) groups is 1. The highest BCUT2D eigenvalue weighted by Crippen LogP contribution is 2.29. The number of rotatable bonds is 6. The maximum atomic E-state index is 11.1. The van der Waals surface area contributed by atoms with Gasteiger partial charge in [-0.05, 0) is 30.2 Å². The molecule has 0 spiro atoms. The highest BCUT2D eigenvalue weighted by molar-refractivity contribution is 5.85. The third kappa shape index (κ3) is 3.73. The van der Waals surface area contributed by atoms with Gasteiger partial charge in [-0.25, -0.2) is 0 Å². The summed E-state index contributed by atoms with van der Waals surface area (Å²) in [7, 11) is 0. The first-order valence-electron chi connectivity index (χ1n) is 8.82. The number of benzene rings is 2. The number of nitrogens with zero attached hydrogens (tertiary/aromatic N) is 1. The molecule has 1 fully saturated rings. The van der Waals surface area contributed by atoms with Crippen molar-refractivity contribution in [2.75, 3.05) is 13.1 Å². The van der Waals surface area contributed by atoms with Crippen LogP contribution in [0.5, 0.6) is 5.75 Å². The first kappa shape index (κ1) is 16.7. The number of hydrogen-bond acceptors (Lipinski definition) is 4. The van der Waals surface area contributed by atoms with Gasteiger partial charge in [-0.2, -0.15) is 0 Å². The van der Waals surface area contributed by atoms with Gasteiger partial charge in [0.05, 0.1) is 12.7 Å². The molecule has 26 heavy (non-hydrogen) atoms. The van der Waals surface area contributed by atoms with E-state index in [1.165, 1.54) is 5.56 Å². The number of carboxylic acid groups (broad SMARTS) is 1. The molecule has 1 aliphatic rings. The molecule has 3 aromatic rings. The van der Waals surface area contributed by atoms with E-state index in [1.807, 2.05) is 18.2 Å². The number of hydrogen-bond donors (Lipinski definition) is 1. The van der Waals surface area contributed by atoms with E-state index in [1.54, 1.807) is 12.3 Å². The van der Waals surface area contributed by atoms with E-state index in [4.69, 9.17) is 14.3 Å². The summed E-state index contributed by atoms with van der Waals surface area (Å²) < 4.78 is 11.6. The number of furan rings is 1. The zero-order valence-corrected chi connectivity index (χ0v) is 14.4. The summed E-state index contributed by atoms with van der Waals surface area (Å²) in [6.45, 7) is 2.79. The lowest BCUT2D eigenvalue weighted by atomic mass is 10.1. The molecular formula is C21H21NO4. The van der Waals surface area contributed by atoms with Crippen molar-refractivity contribution in [3.63, 3.8) is 0 Å². The predicted octanol–water partition coefficient (Wildman–Crippen LogP) is 3.71. The largest absolute Gasteiger partial charge is 0.489 e. The second-order valence-corrected chi connectivity index (χ2v) is 6.74. The fraction of sp³-hybridized carbons (Fsp3) is 0.286. The van der Waals surface area contributed by atoms with Gasteiger partial charge in [0.2, 0.25) is 0 Å². The van der Waals surface area contributed by atoms with Crippen molar-refractivity contribution < 1.29 is 19.1 Å². The minimum Gasteiger partial charge on any atom is -0.489 e. The van der Waals surface area contributed by atoms with Crippen molar-refractivity contribution in [3.8, 4) is 5.75 Å². The fourth-order valence-electron chi connectivity index (χ4n) is 3.56. The molecule has 134 valence electrons. The molecule has 1 saturated heterocycles. The van der Waals surface area contributed by atoms with E-state index in [0.717, 1.165) is 31.4 Å². The molecule has 1 aliphatic heterocycles. The molecule has 5 heteroatoms. The minimum atomic E-state index is -0.880. The summed E-state index contributed by atoms with van der Waals surface area (Å²) in [5.41, 5.74) is 2.57. The maximum Gasteiger partial charge on any atom is 0.307 e. The summed E-state index contributed by atoms with van der Waals surface area (Å²) >= 11 is 0. The van der Waals surface area contributed by atoms with Crippen molar-refractivity contribution in [2.24, 2.45) is 0 Å². The van der Waals surface area contributed by atoms with Crippen LogP contribution in [0, 0.1) is 0 Å². The lowest BCUT2D eigenvalue weighted by molar-refractivity contribution is -0.136. The van der Waals surface area contributed by atoms with Crippen molar-refractivity contribution >= 4 is 16.9 Å². The molecule has 1 N–H and O–H groups in total. The van der Waals surface area contributed by atoms with Gasteiger partial charge in [0.15, 0.2) is 0 Å². The van der Waals surface area contributed by atoms with E-state index in [0.29, 0.717) is 16.9 Å². The molecule has 1 unspecified atom stereocenters. The SMILES string of the molecule is O=C(O)Cc1cc(OC2CCN(Cc3ccccc3)C2)cc2ccoc12. The van der Waals surface area contributed by atoms with Gasteiger partial charge in [-0.1, -0.05) is 30.3 Å². The fourth-order valence-corrected chi connectivity index (χ4v) is 3.56. The number of aliphatic carboxylic acids is 1. The van der Waals surface area contributed by atoms with Crippen molar-refractivity contribution in [1.82, 2.24) is 4.90 Å². The molecule has 1 atom stereocenters. The van der Waals surface area contributed by atoms with Crippen molar-refractivity contribution in [3.05, 3.63) is 65.9 Å². The molecule has 0 aliphatic carbocycles. The van der Waals surface area contributed by atoms with Gasteiger partial charge in [-0.3, -0.25) is 9.69 Å². The van der Waals surface area contributed by atoms with E-state index in [9.17, 15) is 4.79 Å². The van der Waals surface area contributed by atoms with Crippen LogP contribution in [-0.2, 0) is 17.8 Å². The molecule has 0 bridgehead atoms. The standard InChI is InChI=1S/C21H21NO4/c23-20(24)12-17-11-19(10-16-7-9-25-21(16)17)26-18-6-8-22(14-18)13-15-4-2-1-3-5-15/h1-5,7,9-11,18H,6,8,12-14H2,(H,23,24). The van der Waals surface area contributed by atoms with Crippen LogP contribution < -0.4 is 4.74 Å². The smallest absolute Gasteiger partial charge is 0.307 e. The lowest BCUT2D eigenvalue weighted by Gasteiger charge is -2.17. The molecule has 0 radical (unpaired) electrons. The Balaban J connectivity index is 1.45. The van der Waals surface area contributed by atoms with Gasteiger partial charge in [0.1, 0.15) is 17.4 Å². The summed E-state index contributed by atoms with van der Waals surface area (Å²) in [5, 5.41) is 10.00. The van der Waals surface area contributed by atoms with Gasteiger partial charge in [0.25, 0.3) is 0 Å². The summed E-state index contributed by atoms with van der Waals surface area (Å²) in [5.74, 6) is -0.170. The number of likely N-dealkylation sites (tertiary alicyclic amines) is 1. The highest BCUT2D eigenvalue weighted by atomic mass is 16.5. The Morgan fingerprint density at radius 3 is 2.88 bits per heavy atom. The van der Waals surface area contributed by atoms with Gasteiger partial charge in [0, 0.05) is 30.6 Å².